The third kappa shape index (κ3) is 2.76. The molecule has 0 heterocycles. The van der Waals surface area contributed by atoms with E-state index in [1.54, 1.807) is 16.7 Å². The van der Waals surface area contributed by atoms with Crippen LogP contribution in [-0.4, -0.2) is 0 Å². The van der Waals surface area contributed by atoms with Crippen LogP contribution in [0.2, 0.25) is 0 Å². The van der Waals surface area contributed by atoms with Crippen molar-refractivity contribution in [3.63, 3.8) is 0 Å². The minimum atomic E-state index is 0.551. The van der Waals surface area contributed by atoms with Crippen molar-refractivity contribution < 1.29 is 0 Å². The van der Waals surface area contributed by atoms with Crippen LogP contribution in [0.1, 0.15) is 41.0 Å². The SMILES string of the molecule is C1=C2CC3=C(Cc4ccc(-c5ccccc5)cc43)CC2c2cc(-c3ccccc3)ccc21. The second-order valence-corrected chi connectivity index (χ2v) is 9.36. The molecule has 7 rings (SSSR count). The van der Waals surface area contributed by atoms with E-state index in [0.717, 1.165) is 12.8 Å². The molecule has 3 aliphatic carbocycles. The molecule has 0 saturated carbocycles. The van der Waals surface area contributed by atoms with E-state index >= 15 is 0 Å². The highest BCUT2D eigenvalue weighted by molar-refractivity contribution is 5.86. The Kier molecular flexibility index (Phi) is 3.90. The highest BCUT2D eigenvalue weighted by Crippen LogP contribution is 2.53. The zero-order chi connectivity index (χ0) is 21.1. The summed E-state index contributed by atoms with van der Waals surface area (Å²) in [4.78, 5) is 0. The van der Waals surface area contributed by atoms with Gasteiger partial charge in [0.25, 0.3) is 0 Å². The molecule has 0 fully saturated rings. The highest BCUT2D eigenvalue weighted by Gasteiger charge is 2.35. The summed E-state index contributed by atoms with van der Waals surface area (Å²) in [5.74, 6) is 0.551. The second kappa shape index (κ2) is 6.93. The van der Waals surface area contributed by atoms with Crippen molar-refractivity contribution in [2.75, 3.05) is 0 Å². The van der Waals surface area contributed by atoms with Gasteiger partial charge in [-0.25, -0.2) is 0 Å². The topological polar surface area (TPSA) is 0 Å². The van der Waals surface area contributed by atoms with Crippen molar-refractivity contribution in [1.82, 2.24) is 0 Å². The van der Waals surface area contributed by atoms with Gasteiger partial charge in [0.2, 0.25) is 0 Å². The molecule has 0 bridgehead atoms. The lowest BCUT2D eigenvalue weighted by Crippen LogP contribution is -2.07. The fourth-order valence-electron chi connectivity index (χ4n) is 5.95. The predicted molar refractivity (Wildman–Crippen MR) is 134 cm³/mol. The van der Waals surface area contributed by atoms with Gasteiger partial charge in [-0.05, 0) is 81.5 Å². The molecule has 0 aliphatic heterocycles. The van der Waals surface area contributed by atoms with Gasteiger partial charge in [-0.2, -0.15) is 0 Å². The number of fused-ring (bicyclic) bond motifs is 5. The zero-order valence-corrected chi connectivity index (χ0v) is 18.0. The number of benzene rings is 4. The van der Waals surface area contributed by atoms with Crippen molar-refractivity contribution in [2.45, 2.75) is 25.2 Å². The Balaban J connectivity index is 1.25. The van der Waals surface area contributed by atoms with Crippen molar-refractivity contribution in [2.24, 2.45) is 0 Å². The third-order valence-corrected chi connectivity index (χ3v) is 7.56. The molecule has 1 unspecified atom stereocenters. The molecule has 32 heavy (non-hydrogen) atoms. The van der Waals surface area contributed by atoms with Gasteiger partial charge in [0.1, 0.15) is 0 Å². The molecule has 0 spiro atoms. The van der Waals surface area contributed by atoms with Crippen molar-refractivity contribution in [3.8, 4) is 22.3 Å². The first-order valence-electron chi connectivity index (χ1n) is 11.6. The first kappa shape index (κ1) is 18.0. The average Bonchev–Trinajstić information content (AvgIpc) is 3.40. The van der Waals surface area contributed by atoms with E-state index in [2.05, 4.69) is 103 Å². The second-order valence-electron chi connectivity index (χ2n) is 9.36. The molecular formula is C32H24. The summed E-state index contributed by atoms with van der Waals surface area (Å²) in [6.45, 7) is 0. The van der Waals surface area contributed by atoms with Crippen LogP contribution in [0.25, 0.3) is 33.9 Å². The van der Waals surface area contributed by atoms with Crippen LogP contribution in [0.15, 0.2) is 108 Å². The van der Waals surface area contributed by atoms with Gasteiger partial charge < -0.3 is 0 Å². The lowest BCUT2D eigenvalue weighted by Gasteiger charge is -2.25. The number of rotatable bonds is 2. The third-order valence-electron chi connectivity index (χ3n) is 7.56. The monoisotopic (exact) mass is 408 g/mol. The summed E-state index contributed by atoms with van der Waals surface area (Å²) in [5.41, 5.74) is 16.1. The molecule has 0 amide bonds. The maximum atomic E-state index is 2.47. The van der Waals surface area contributed by atoms with Gasteiger partial charge in [0.15, 0.2) is 0 Å². The van der Waals surface area contributed by atoms with Crippen LogP contribution in [-0.2, 0) is 6.42 Å². The summed E-state index contributed by atoms with van der Waals surface area (Å²) in [5, 5.41) is 0. The van der Waals surface area contributed by atoms with Crippen molar-refractivity contribution in [1.29, 1.82) is 0 Å². The van der Waals surface area contributed by atoms with Gasteiger partial charge in [-0.3, -0.25) is 0 Å². The normalized spacial score (nSPS) is 18.0. The molecule has 0 radical (unpaired) electrons. The minimum absolute atomic E-state index is 0.551. The lowest BCUT2D eigenvalue weighted by molar-refractivity contribution is 0.747. The van der Waals surface area contributed by atoms with Gasteiger partial charge in [0, 0.05) is 5.92 Å². The quantitative estimate of drug-likeness (QED) is 0.313. The first-order chi connectivity index (χ1) is 15.8. The minimum Gasteiger partial charge on any atom is -0.0622 e. The summed E-state index contributed by atoms with van der Waals surface area (Å²) < 4.78 is 0. The Labute approximate surface area is 189 Å². The van der Waals surface area contributed by atoms with Crippen LogP contribution in [0.4, 0.5) is 0 Å². The summed E-state index contributed by atoms with van der Waals surface area (Å²) in [6.07, 6.45) is 5.86. The van der Waals surface area contributed by atoms with Crippen LogP contribution in [0.5, 0.6) is 0 Å². The van der Waals surface area contributed by atoms with E-state index in [9.17, 15) is 0 Å². The maximum absolute atomic E-state index is 2.47. The number of hydrogen-bond donors (Lipinski definition) is 0. The Morgan fingerprint density at radius 3 is 2.03 bits per heavy atom. The van der Waals surface area contributed by atoms with Crippen LogP contribution < -0.4 is 0 Å². The summed E-state index contributed by atoms with van der Waals surface area (Å²) >= 11 is 0. The van der Waals surface area contributed by atoms with Gasteiger partial charge in [-0.15, -0.1) is 0 Å². The molecule has 4 aromatic carbocycles. The van der Waals surface area contributed by atoms with Crippen LogP contribution >= 0.6 is 0 Å². The number of allylic oxidation sites excluding steroid dienone is 3. The Bertz CT molecular complexity index is 1420. The van der Waals surface area contributed by atoms with E-state index in [4.69, 9.17) is 0 Å². The van der Waals surface area contributed by atoms with Crippen molar-refractivity contribution >= 4 is 11.6 Å². The maximum Gasteiger partial charge on any atom is 0.00984 e. The molecule has 0 saturated heterocycles. The molecule has 1 atom stereocenters. The highest BCUT2D eigenvalue weighted by atomic mass is 14.4. The van der Waals surface area contributed by atoms with E-state index in [0.29, 0.717) is 5.92 Å². The number of hydrogen-bond acceptors (Lipinski definition) is 0. The fraction of sp³-hybridized carbons (Fsp3) is 0.125. The molecule has 0 N–H and O–H groups in total. The van der Waals surface area contributed by atoms with Gasteiger partial charge in [0.05, 0.1) is 0 Å². The molecule has 0 heteroatoms. The largest absolute Gasteiger partial charge is 0.0622 e. The average molecular weight is 409 g/mol. The van der Waals surface area contributed by atoms with Crippen molar-refractivity contribution in [3.05, 3.63) is 130 Å². The predicted octanol–water partition coefficient (Wildman–Crippen LogP) is 8.30. The summed E-state index contributed by atoms with van der Waals surface area (Å²) in [7, 11) is 0. The molecule has 3 aliphatic rings. The Morgan fingerprint density at radius 2 is 1.28 bits per heavy atom. The van der Waals surface area contributed by atoms with Crippen LogP contribution in [0, 0.1) is 0 Å². The molecule has 0 aromatic heterocycles. The zero-order valence-electron chi connectivity index (χ0n) is 18.0. The molecule has 152 valence electrons. The Morgan fingerprint density at radius 1 is 0.594 bits per heavy atom. The standard InChI is InChI=1S/C32H24/c1-3-7-21(8-4-1)23-11-13-25-15-27-20-32-28(19-31(27)29(25)17-23)16-26-14-12-24(18-30(26)32)22-9-5-2-6-10-22/h1-15,17-18,31H,16,19-20H2. The molecule has 0 nitrogen and oxygen atoms in total. The first-order valence-corrected chi connectivity index (χ1v) is 11.6. The van der Waals surface area contributed by atoms with Gasteiger partial charge >= 0.3 is 0 Å². The van der Waals surface area contributed by atoms with Crippen LogP contribution in [0.3, 0.4) is 0 Å². The summed E-state index contributed by atoms with van der Waals surface area (Å²) in [6, 6.07) is 35.7. The fourth-order valence-corrected chi connectivity index (χ4v) is 5.95. The van der Waals surface area contributed by atoms with E-state index in [1.165, 1.54) is 50.9 Å². The van der Waals surface area contributed by atoms with Gasteiger partial charge in [-0.1, -0.05) is 102 Å². The van der Waals surface area contributed by atoms with E-state index in [-0.39, 0.29) is 0 Å². The molecular weight excluding hydrogens is 384 g/mol. The molecule has 4 aromatic rings. The van der Waals surface area contributed by atoms with E-state index in [1.807, 2.05) is 0 Å². The van der Waals surface area contributed by atoms with E-state index < -0.39 is 0 Å². The Hall–Kier alpha value is -3.64. The smallest absolute Gasteiger partial charge is 0.00984 e. The lowest BCUT2D eigenvalue weighted by atomic mass is 9.79.